The number of hydrogen-bond acceptors (Lipinski definition) is 6. The van der Waals surface area contributed by atoms with Crippen molar-refractivity contribution in [3.05, 3.63) is 35.5 Å². The van der Waals surface area contributed by atoms with Gasteiger partial charge in [-0.2, -0.15) is 0 Å². The molecule has 17 heavy (non-hydrogen) atoms. The molecule has 1 heterocycles. The number of phenols is 1. The highest BCUT2D eigenvalue weighted by Crippen LogP contribution is 2.29. The first-order chi connectivity index (χ1) is 8.11. The predicted octanol–water partition coefficient (Wildman–Crippen LogP) is 1.14. The lowest BCUT2D eigenvalue weighted by Crippen LogP contribution is -2.12. The van der Waals surface area contributed by atoms with Crippen LogP contribution < -0.4 is 10.5 Å². The van der Waals surface area contributed by atoms with Crippen molar-refractivity contribution in [2.75, 3.05) is 7.11 Å². The van der Waals surface area contributed by atoms with E-state index in [2.05, 4.69) is 10.2 Å². The molecule has 1 aromatic carbocycles. The molecule has 0 radical (unpaired) electrons. The van der Waals surface area contributed by atoms with Crippen LogP contribution in [0.1, 0.15) is 23.4 Å². The molecule has 0 saturated heterocycles. The van der Waals surface area contributed by atoms with Crippen molar-refractivity contribution in [1.82, 2.24) is 10.2 Å². The molecule has 0 fully saturated rings. The van der Waals surface area contributed by atoms with Crippen molar-refractivity contribution in [3.8, 4) is 11.5 Å². The summed E-state index contributed by atoms with van der Waals surface area (Å²) in [6, 6.07) is 4.30. The second-order valence-corrected chi connectivity index (χ2v) is 3.57. The summed E-state index contributed by atoms with van der Waals surface area (Å²) in [5.41, 5.74) is 6.70. The third-order valence-electron chi connectivity index (χ3n) is 2.37. The summed E-state index contributed by atoms with van der Waals surface area (Å²) in [6.07, 6.45) is 0. The lowest BCUT2D eigenvalue weighted by atomic mass is 10.1. The Kier molecular flexibility index (Phi) is 2.97. The molecule has 0 spiro atoms. The lowest BCUT2D eigenvalue weighted by molar-refractivity contribution is 0.372. The molecule has 0 aliphatic carbocycles. The summed E-state index contributed by atoms with van der Waals surface area (Å²) in [7, 11) is 1.47. The van der Waals surface area contributed by atoms with Crippen LogP contribution >= 0.6 is 0 Å². The van der Waals surface area contributed by atoms with E-state index in [1.54, 1.807) is 19.1 Å². The molecule has 1 atom stereocenters. The van der Waals surface area contributed by atoms with E-state index in [1.807, 2.05) is 0 Å². The maximum Gasteiger partial charge on any atom is 0.237 e. The molecule has 6 nitrogen and oxygen atoms in total. The van der Waals surface area contributed by atoms with Crippen LogP contribution in [0.15, 0.2) is 22.6 Å². The highest BCUT2D eigenvalue weighted by molar-refractivity contribution is 5.43. The lowest BCUT2D eigenvalue weighted by Gasteiger charge is -2.10. The van der Waals surface area contributed by atoms with Crippen molar-refractivity contribution < 1.29 is 14.3 Å². The van der Waals surface area contributed by atoms with Gasteiger partial charge in [-0.1, -0.05) is 6.07 Å². The predicted molar refractivity (Wildman–Crippen MR) is 59.7 cm³/mol. The van der Waals surface area contributed by atoms with Crippen molar-refractivity contribution in [3.63, 3.8) is 0 Å². The van der Waals surface area contributed by atoms with Gasteiger partial charge in [-0.15, -0.1) is 10.2 Å². The zero-order valence-electron chi connectivity index (χ0n) is 9.54. The van der Waals surface area contributed by atoms with E-state index in [1.165, 1.54) is 13.2 Å². The van der Waals surface area contributed by atoms with Gasteiger partial charge in [-0.05, 0) is 17.7 Å². The number of nitrogens with zero attached hydrogens (tertiary/aromatic N) is 2. The Morgan fingerprint density at radius 2 is 2.18 bits per heavy atom. The third kappa shape index (κ3) is 2.21. The molecule has 0 aliphatic rings. The first-order valence-electron chi connectivity index (χ1n) is 5.04. The van der Waals surface area contributed by atoms with Gasteiger partial charge in [0.05, 0.1) is 7.11 Å². The fourth-order valence-corrected chi connectivity index (χ4v) is 1.47. The van der Waals surface area contributed by atoms with E-state index in [0.717, 1.165) is 5.56 Å². The van der Waals surface area contributed by atoms with Crippen LogP contribution in [0.5, 0.6) is 11.5 Å². The second-order valence-electron chi connectivity index (χ2n) is 3.57. The molecule has 3 N–H and O–H groups in total. The smallest absolute Gasteiger partial charge is 0.237 e. The van der Waals surface area contributed by atoms with Gasteiger partial charge in [-0.3, -0.25) is 0 Å². The van der Waals surface area contributed by atoms with Gasteiger partial charge < -0.3 is 20.0 Å². The zero-order valence-corrected chi connectivity index (χ0v) is 9.54. The molecule has 0 saturated carbocycles. The van der Waals surface area contributed by atoms with Crippen molar-refractivity contribution in [1.29, 1.82) is 0 Å². The van der Waals surface area contributed by atoms with Crippen LogP contribution in [0.4, 0.5) is 0 Å². The van der Waals surface area contributed by atoms with E-state index < -0.39 is 6.04 Å². The van der Waals surface area contributed by atoms with Crippen molar-refractivity contribution in [2.45, 2.75) is 13.0 Å². The van der Waals surface area contributed by atoms with E-state index in [-0.39, 0.29) is 5.75 Å². The van der Waals surface area contributed by atoms with Crippen LogP contribution in [0.3, 0.4) is 0 Å². The zero-order chi connectivity index (χ0) is 12.4. The Morgan fingerprint density at radius 3 is 2.76 bits per heavy atom. The number of aryl methyl sites for hydroxylation is 1. The quantitative estimate of drug-likeness (QED) is 0.828. The van der Waals surface area contributed by atoms with E-state index >= 15 is 0 Å². The summed E-state index contributed by atoms with van der Waals surface area (Å²) >= 11 is 0. The summed E-state index contributed by atoms with van der Waals surface area (Å²) < 4.78 is 10.3. The number of rotatable bonds is 3. The van der Waals surface area contributed by atoms with Crippen LogP contribution in [-0.2, 0) is 0 Å². The number of nitrogens with two attached hydrogens (primary N) is 1. The van der Waals surface area contributed by atoms with E-state index in [4.69, 9.17) is 14.9 Å². The van der Waals surface area contributed by atoms with Gasteiger partial charge in [0.1, 0.15) is 6.04 Å². The molecule has 2 rings (SSSR count). The Hall–Kier alpha value is -2.08. The number of phenolic OH excluding ortho intramolecular Hbond substituents is 1. The van der Waals surface area contributed by atoms with Crippen LogP contribution in [0.2, 0.25) is 0 Å². The topological polar surface area (TPSA) is 94.4 Å². The van der Waals surface area contributed by atoms with Gasteiger partial charge in [0.15, 0.2) is 11.5 Å². The minimum Gasteiger partial charge on any atom is -0.504 e. The largest absolute Gasteiger partial charge is 0.504 e. The Morgan fingerprint density at radius 1 is 1.41 bits per heavy atom. The van der Waals surface area contributed by atoms with E-state index in [9.17, 15) is 5.11 Å². The molecule has 0 amide bonds. The second kappa shape index (κ2) is 4.42. The van der Waals surface area contributed by atoms with E-state index in [0.29, 0.717) is 17.5 Å². The Balaban J connectivity index is 2.34. The monoisotopic (exact) mass is 235 g/mol. The number of ether oxygens (including phenoxy) is 1. The van der Waals surface area contributed by atoms with Gasteiger partial charge in [0.25, 0.3) is 0 Å². The molecule has 0 bridgehead atoms. The number of aromatic hydroxyl groups is 1. The minimum absolute atomic E-state index is 0.0603. The number of benzene rings is 1. The molecular formula is C11H13N3O3. The average Bonchev–Trinajstić information content (AvgIpc) is 2.75. The first kappa shape index (κ1) is 11.4. The van der Waals surface area contributed by atoms with Crippen LogP contribution in [0.25, 0.3) is 0 Å². The highest BCUT2D eigenvalue weighted by Gasteiger charge is 2.17. The molecule has 1 unspecified atom stereocenters. The number of methoxy groups -OCH3 is 1. The van der Waals surface area contributed by atoms with Gasteiger partial charge in [-0.25, -0.2) is 0 Å². The third-order valence-corrected chi connectivity index (χ3v) is 2.37. The van der Waals surface area contributed by atoms with Crippen molar-refractivity contribution >= 4 is 0 Å². The summed E-state index contributed by atoms with van der Waals surface area (Å²) in [5, 5.41) is 17.0. The van der Waals surface area contributed by atoms with Crippen LogP contribution in [0, 0.1) is 6.92 Å². The van der Waals surface area contributed by atoms with Crippen LogP contribution in [-0.4, -0.2) is 22.4 Å². The molecule has 90 valence electrons. The van der Waals surface area contributed by atoms with Gasteiger partial charge >= 0.3 is 0 Å². The Bertz CT molecular complexity index is 524. The SMILES string of the molecule is COc1cc(C(N)c2nnc(C)o2)ccc1O. The fourth-order valence-electron chi connectivity index (χ4n) is 1.47. The average molecular weight is 235 g/mol. The fraction of sp³-hybridized carbons (Fsp3) is 0.273. The maximum absolute atomic E-state index is 9.47. The van der Waals surface area contributed by atoms with Crippen molar-refractivity contribution in [2.24, 2.45) is 5.73 Å². The molecule has 6 heteroatoms. The Labute approximate surface area is 98.0 Å². The first-order valence-corrected chi connectivity index (χ1v) is 5.04. The van der Waals surface area contributed by atoms with Gasteiger partial charge in [0.2, 0.25) is 11.8 Å². The number of hydrogen-bond donors (Lipinski definition) is 2. The minimum atomic E-state index is -0.536. The number of aromatic nitrogens is 2. The summed E-state index contributed by atoms with van der Waals surface area (Å²) in [4.78, 5) is 0. The maximum atomic E-state index is 9.47. The summed E-state index contributed by atoms with van der Waals surface area (Å²) in [6.45, 7) is 1.70. The molecule has 1 aromatic heterocycles. The summed E-state index contributed by atoms with van der Waals surface area (Å²) in [5.74, 6) is 1.20. The molecule has 2 aromatic rings. The normalized spacial score (nSPS) is 12.4. The van der Waals surface area contributed by atoms with Gasteiger partial charge in [0, 0.05) is 6.92 Å². The highest BCUT2D eigenvalue weighted by atomic mass is 16.5. The molecular weight excluding hydrogens is 222 g/mol. The molecule has 0 aliphatic heterocycles. The standard InChI is InChI=1S/C11H13N3O3/c1-6-13-14-11(17-6)10(12)7-3-4-8(15)9(5-7)16-2/h3-5,10,15H,12H2,1-2H3.